The molecule has 100 valence electrons. The fourth-order valence-corrected chi connectivity index (χ4v) is 3.15. The molecule has 0 aliphatic heterocycles. The number of hydrogen-bond acceptors (Lipinski definition) is 3. The minimum atomic E-state index is -0.761. The molecule has 0 bridgehead atoms. The van der Waals surface area contributed by atoms with Gasteiger partial charge in [0.05, 0.1) is 12.2 Å². The average Bonchev–Trinajstić information content (AvgIpc) is 2.87. The number of carbonyl (C=O) groups is 1. The minimum Gasteiger partial charge on any atom is -0.381 e. The molecule has 0 aromatic rings. The molecule has 2 saturated carbocycles. The Morgan fingerprint density at radius 2 is 2.06 bits per heavy atom. The zero-order valence-electron chi connectivity index (χ0n) is 11.1. The van der Waals surface area contributed by atoms with Crippen LogP contribution in [-0.4, -0.2) is 25.2 Å². The van der Waals surface area contributed by atoms with Crippen LogP contribution in [0.3, 0.4) is 0 Å². The first-order chi connectivity index (χ1) is 8.70. The van der Waals surface area contributed by atoms with Gasteiger partial charge in [-0.1, -0.05) is 19.3 Å². The van der Waals surface area contributed by atoms with Gasteiger partial charge in [0.15, 0.2) is 0 Å². The summed E-state index contributed by atoms with van der Waals surface area (Å²) < 4.78 is 5.30. The molecule has 0 heterocycles. The van der Waals surface area contributed by atoms with E-state index in [1.807, 2.05) is 0 Å². The second-order valence-electron chi connectivity index (χ2n) is 5.60. The Hall–Kier alpha value is -1.08. The number of ether oxygens (including phenoxy) is 1. The molecular formula is C14H22N2O2. The van der Waals surface area contributed by atoms with Crippen LogP contribution in [0.15, 0.2) is 0 Å². The van der Waals surface area contributed by atoms with E-state index in [1.54, 1.807) is 7.11 Å². The lowest BCUT2D eigenvalue weighted by Crippen LogP contribution is -2.45. The SMILES string of the molecule is COC1CCC(NC(=O)C2(C#N)CCCCC2)C1. The summed E-state index contributed by atoms with van der Waals surface area (Å²) in [4.78, 5) is 12.3. The lowest BCUT2D eigenvalue weighted by Gasteiger charge is -2.30. The average molecular weight is 250 g/mol. The van der Waals surface area contributed by atoms with Gasteiger partial charge in [0.25, 0.3) is 0 Å². The van der Waals surface area contributed by atoms with Crippen molar-refractivity contribution in [2.75, 3.05) is 7.11 Å². The molecule has 0 saturated heterocycles. The van der Waals surface area contributed by atoms with Gasteiger partial charge in [0.1, 0.15) is 5.41 Å². The fourth-order valence-electron chi connectivity index (χ4n) is 3.15. The van der Waals surface area contributed by atoms with E-state index >= 15 is 0 Å². The van der Waals surface area contributed by atoms with Crippen molar-refractivity contribution in [3.8, 4) is 6.07 Å². The van der Waals surface area contributed by atoms with Crippen molar-refractivity contribution in [3.63, 3.8) is 0 Å². The van der Waals surface area contributed by atoms with Gasteiger partial charge in [-0.3, -0.25) is 4.79 Å². The van der Waals surface area contributed by atoms with Crippen LogP contribution in [0.2, 0.25) is 0 Å². The quantitative estimate of drug-likeness (QED) is 0.834. The zero-order valence-corrected chi connectivity index (χ0v) is 11.1. The maximum atomic E-state index is 12.3. The summed E-state index contributed by atoms with van der Waals surface area (Å²) in [5, 5.41) is 12.4. The highest BCUT2D eigenvalue weighted by molar-refractivity contribution is 5.85. The second-order valence-corrected chi connectivity index (χ2v) is 5.60. The van der Waals surface area contributed by atoms with Crippen LogP contribution in [0.5, 0.6) is 0 Å². The van der Waals surface area contributed by atoms with Crippen LogP contribution in [-0.2, 0) is 9.53 Å². The normalized spacial score (nSPS) is 30.7. The zero-order chi connectivity index (χ0) is 13.0. The largest absolute Gasteiger partial charge is 0.381 e. The van der Waals surface area contributed by atoms with Crippen molar-refractivity contribution in [1.29, 1.82) is 5.26 Å². The van der Waals surface area contributed by atoms with Gasteiger partial charge in [0.2, 0.25) is 5.91 Å². The molecule has 2 rings (SSSR count). The summed E-state index contributed by atoms with van der Waals surface area (Å²) in [6.07, 6.45) is 7.67. The van der Waals surface area contributed by atoms with Gasteiger partial charge in [0, 0.05) is 13.2 Å². The predicted molar refractivity (Wildman–Crippen MR) is 67.7 cm³/mol. The van der Waals surface area contributed by atoms with E-state index in [0.717, 1.165) is 51.4 Å². The first-order valence-corrected chi connectivity index (χ1v) is 6.95. The van der Waals surface area contributed by atoms with E-state index < -0.39 is 5.41 Å². The molecule has 0 radical (unpaired) electrons. The van der Waals surface area contributed by atoms with Crippen LogP contribution >= 0.6 is 0 Å². The predicted octanol–water partition coefficient (Wildman–Crippen LogP) is 2.14. The maximum Gasteiger partial charge on any atom is 0.240 e. The minimum absolute atomic E-state index is 0.0496. The molecule has 18 heavy (non-hydrogen) atoms. The third kappa shape index (κ3) is 2.67. The van der Waals surface area contributed by atoms with Gasteiger partial charge in [-0.25, -0.2) is 0 Å². The summed E-state index contributed by atoms with van der Waals surface area (Å²) in [7, 11) is 1.72. The van der Waals surface area contributed by atoms with Crippen LogP contribution in [0.4, 0.5) is 0 Å². The third-order valence-corrected chi connectivity index (χ3v) is 4.41. The summed E-state index contributed by atoms with van der Waals surface area (Å²) in [5.41, 5.74) is -0.761. The first kappa shape index (κ1) is 13.4. The lowest BCUT2D eigenvalue weighted by atomic mass is 9.74. The van der Waals surface area contributed by atoms with Crippen molar-refractivity contribution in [2.45, 2.75) is 63.5 Å². The van der Waals surface area contributed by atoms with Crippen LogP contribution in [0.25, 0.3) is 0 Å². The van der Waals surface area contributed by atoms with Crippen LogP contribution < -0.4 is 5.32 Å². The second kappa shape index (κ2) is 5.71. The number of nitrogens with one attached hydrogen (secondary N) is 1. The molecule has 2 atom stereocenters. The Morgan fingerprint density at radius 1 is 1.33 bits per heavy atom. The van der Waals surface area contributed by atoms with Crippen molar-refractivity contribution in [2.24, 2.45) is 5.41 Å². The van der Waals surface area contributed by atoms with E-state index in [0.29, 0.717) is 0 Å². The van der Waals surface area contributed by atoms with Crippen molar-refractivity contribution in [1.82, 2.24) is 5.32 Å². The molecule has 2 aliphatic carbocycles. The smallest absolute Gasteiger partial charge is 0.240 e. The van der Waals surface area contributed by atoms with Gasteiger partial charge in [-0.2, -0.15) is 5.26 Å². The van der Waals surface area contributed by atoms with Crippen LogP contribution in [0.1, 0.15) is 51.4 Å². The monoisotopic (exact) mass is 250 g/mol. The molecular weight excluding hydrogens is 228 g/mol. The van der Waals surface area contributed by atoms with Gasteiger partial charge >= 0.3 is 0 Å². The highest BCUT2D eigenvalue weighted by Gasteiger charge is 2.41. The number of hydrogen-bond donors (Lipinski definition) is 1. The molecule has 4 nitrogen and oxygen atoms in total. The molecule has 2 aliphatic rings. The van der Waals surface area contributed by atoms with E-state index in [1.165, 1.54) is 0 Å². The van der Waals surface area contributed by atoms with E-state index in [-0.39, 0.29) is 18.1 Å². The lowest BCUT2D eigenvalue weighted by molar-refractivity contribution is -0.130. The highest BCUT2D eigenvalue weighted by Crippen LogP contribution is 2.36. The molecule has 0 spiro atoms. The van der Waals surface area contributed by atoms with Crippen molar-refractivity contribution >= 4 is 5.91 Å². The molecule has 2 unspecified atom stereocenters. The van der Waals surface area contributed by atoms with Gasteiger partial charge < -0.3 is 10.1 Å². The Labute approximate surface area is 109 Å². The molecule has 1 N–H and O–H groups in total. The Morgan fingerprint density at radius 3 is 2.61 bits per heavy atom. The Balaban J connectivity index is 1.92. The van der Waals surface area contributed by atoms with E-state index in [9.17, 15) is 10.1 Å². The van der Waals surface area contributed by atoms with Gasteiger partial charge in [-0.15, -0.1) is 0 Å². The number of nitrogens with zero attached hydrogens (tertiary/aromatic N) is 1. The van der Waals surface area contributed by atoms with E-state index in [2.05, 4.69) is 11.4 Å². The van der Waals surface area contributed by atoms with Crippen molar-refractivity contribution in [3.05, 3.63) is 0 Å². The van der Waals surface area contributed by atoms with Crippen LogP contribution in [0, 0.1) is 16.7 Å². The van der Waals surface area contributed by atoms with Crippen molar-refractivity contribution < 1.29 is 9.53 Å². The molecule has 0 aromatic carbocycles. The number of nitriles is 1. The molecule has 4 heteroatoms. The number of methoxy groups -OCH3 is 1. The number of rotatable bonds is 3. The highest BCUT2D eigenvalue weighted by atomic mass is 16.5. The standard InChI is InChI=1S/C14H22N2O2/c1-18-12-6-5-11(9-12)16-13(17)14(10-15)7-3-2-4-8-14/h11-12H,2-9H2,1H3,(H,16,17). The number of amides is 1. The first-order valence-electron chi connectivity index (χ1n) is 6.95. The Kier molecular flexibility index (Phi) is 4.23. The number of carbonyl (C=O) groups excluding carboxylic acids is 1. The third-order valence-electron chi connectivity index (χ3n) is 4.41. The molecule has 2 fully saturated rings. The topological polar surface area (TPSA) is 62.1 Å². The van der Waals surface area contributed by atoms with E-state index in [4.69, 9.17) is 4.74 Å². The summed E-state index contributed by atoms with van der Waals surface area (Å²) >= 11 is 0. The Bertz CT molecular complexity index is 342. The van der Waals surface area contributed by atoms with Gasteiger partial charge in [-0.05, 0) is 32.1 Å². The summed E-state index contributed by atoms with van der Waals surface area (Å²) in [6, 6.07) is 2.46. The molecule has 1 amide bonds. The summed E-state index contributed by atoms with van der Waals surface area (Å²) in [5.74, 6) is -0.0496. The summed E-state index contributed by atoms with van der Waals surface area (Å²) in [6.45, 7) is 0. The molecule has 0 aromatic heterocycles. The maximum absolute atomic E-state index is 12.3. The fraction of sp³-hybridized carbons (Fsp3) is 0.857.